The van der Waals surface area contributed by atoms with Gasteiger partial charge in [0.15, 0.2) is 5.78 Å². The molecule has 0 N–H and O–H groups in total. The molecule has 1 aromatic carbocycles. The molecule has 0 bridgehead atoms. The van der Waals surface area contributed by atoms with Crippen LogP contribution in [0.3, 0.4) is 0 Å². The number of hydrogen-bond acceptors (Lipinski definition) is 3. The lowest BCUT2D eigenvalue weighted by Gasteiger charge is -2.29. The van der Waals surface area contributed by atoms with Crippen LogP contribution in [0.4, 0.5) is 0 Å². The molecule has 1 aliphatic heterocycles. The Morgan fingerprint density at radius 1 is 1.24 bits per heavy atom. The van der Waals surface area contributed by atoms with E-state index in [-0.39, 0.29) is 5.78 Å². The summed E-state index contributed by atoms with van der Waals surface area (Å²) in [5.74, 6) is 0.0644. The van der Waals surface area contributed by atoms with Crippen LogP contribution < -0.4 is 0 Å². The molecule has 1 aromatic rings. The van der Waals surface area contributed by atoms with E-state index in [9.17, 15) is 4.79 Å². The lowest BCUT2D eigenvalue weighted by atomic mass is 10.1. The van der Waals surface area contributed by atoms with Gasteiger partial charge < -0.3 is 9.64 Å². The molecule has 1 fully saturated rings. The number of allylic oxidation sites excluding steroid dienone is 2. The van der Waals surface area contributed by atoms with Crippen molar-refractivity contribution in [2.45, 2.75) is 6.92 Å². The third-order valence-corrected chi connectivity index (χ3v) is 2.91. The molecule has 0 aromatic heterocycles. The van der Waals surface area contributed by atoms with Crippen LogP contribution in [0.5, 0.6) is 0 Å². The third-order valence-electron chi connectivity index (χ3n) is 2.91. The summed E-state index contributed by atoms with van der Waals surface area (Å²) >= 11 is 0. The number of ether oxygens (including phenoxy) is 1. The van der Waals surface area contributed by atoms with E-state index in [1.54, 1.807) is 6.08 Å². The maximum Gasteiger partial charge on any atom is 0.187 e. The first kappa shape index (κ1) is 11.9. The minimum Gasteiger partial charge on any atom is -0.378 e. The Hall–Kier alpha value is -1.61. The van der Waals surface area contributed by atoms with E-state index < -0.39 is 0 Å². The number of ketones is 1. The van der Waals surface area contributed by atoms with Crippen molar-refractivity contribution in [1.82, 2.24) is 4.90 Å². The Bertz CT molecular complexity index is 405. The topological polar surface area (TPSA) is 29.5 Å². The van der Waals surface area contributed by atoms with Crippen molar-refractivity contribution in [3.63, 3.8) is 0 Å². The zero-order chi connectivity index (χ0) is 12.1. The van der Waals surface area contributed by atoms with Crippen molar-refractivity contribution in [2.24, 2.45) is 0 Å². The lowest BCUT2D eigenvalue weighted by molar-refractivity contribution is 0.0534. The van der Waals surface area contributed by atoms with Crippen LogP contribution in [0.15, 0.2) is 42.1 Å². The van der Waals surface area contributed by atoms with Crippen molar-refractivity contribution in [2.75, 3.05) is 26.3 Å². The van der Waals surface area contributed by atoms with Gasteiger partial charge in [0.2, 0.25) is 0 Å². The van der Waals surface area contributed by atoms with E-state index >= 15 is 0 Å². The van der Waals surface area contributed by atoms with Gasteiger partial charge in [-0.05, 0) is 6.92 Å². The first-order valence-corrected chi connectivity index (χ1v) is 5.88. The molecule has 0 saturated carbocycles. The maximum absolute atomic E-state index is 12.0. The van der Waals surface area contributed by atoms with E-state index in [1.807, 2.05) is 37.3 Å². The van der Waals surface area contributed by atoms with Crippen molar-refractivity contribution in [3.05, 3.63) is 47.7 Å². The predicted molar refractivity (Wildman–Crippen MR) is 66.9 cm³/mol. The SMILES string of the molecule is CC(=CC(=O)c1ccccc1)N1CCOCC1. The summed E-state index contributed by atoms with van der Waals surface area (Å²) < 4.78 is 5.29. The second-order valence-electron chi connectivity index (χ2n) is 4.12. The van der Waals surface area contributed by atoms with Crippen molar-refractivity contribution >= 4 is 5.78 Å². The summed E-state index contributed by atoms with van der Waals surface area (Å²) in [7, 11) is 0. The van der Waals surface area contributed by atoms with Crippen molar-refractivity contribution < 1.29 is 9.53 Å². The molecule has 1 heterocycles. The first-order chi connectivity index (χ1) is 8.27. The number of rotatable bonds is 3. The molecule has 0 spiro atoms. The summed E-state index contributed by atoms with van der Waals surface area (Å²) in [5, 5.41) is 0. The molecule has 0 unspecified atom stereocenters. The molecule has 90 valence electrons. The third kappa shape index (κ3) is 3.17. The van der Waals surface area contributed by atoms with Crippen LogP contribution in [0, 0.1) is 0 Å². The molecule has 0 amide bonds. The summed E-state index contributed by atoms with van der Waals surface area (Å²) in [6.07, 6.45) is 1.71. The molecule has 1 aliphatic rings. The molecule has 17 heavy (non-hydrogen) atoms. The van der Waals surface area contributed by atoms with E-state index in [2.05, 4.69) is 4.90 Å². The average Bonchev–Trinajstić information content (AvgIpc) is 2.40. The van der Waals surface area contributed by atoms with Gasteiger partial charge in [-0.2, -0.15) is 0 Å². The fraction of sp³-hybridized carbons (Fsp3) is 0.357. The normalized spacial score (nSPS) is 17.0. The van der Waals surface area contributed by atoms with Crippen molar-refractivity contribution in [1.29, 1.82) is 0 Å². The van der Waals surface area contributed by atoms with Crippen LogP contribution in [0.1, 0.15) is 17.3 Å². The number of carbonyl (C=O) groups excluding carboxylic acids is 1. The highest BCUT2D eigenvalue weighted by molar-refractivity contribution is 6.04. The van der Waals surface area contributed by atoms with Crippen LogP contribution >= 0.6 is 0 Å². The van der Waals surface area contributed by atoms with Gasteiger partial charge in [-0.15, -0.1) is 0 Å². The minimum absolute atomic E-state index is 0.0644. The Balaban J connectivity index is 2.05. The smallest absolute Gasteiger partial charge is 0.187 e. The summed E-state index contributed by atoms with van der Waals surface area (Å²) in [6, 6.07) is 9.35. The molecule has 3 heteroatoms. The zero-order valence-corrected chi connectivity index (χ0v) is 10.1. The highest BCUT2D eigenvalue weighted by atomic mass is 16.5. The number of carbonyl (C=O) groups is 1. The predicted octanol–water partition coefficient (Wildman–Crippen LogP) is 2.11. The molecular weight excluding hydrogens is 214 g/mol. The fourth-order valence-corrected chi connectivity index (χ4v) is 1.88. The van der Waals surface area contributed by atoms with E-state index in [1.165, 1.54) is 0 Å². The Morgan fingerprint density at radius 3 is 2.53 bits per heavy atom. The van der Waals surface area contributed by atoms with E-state index in [0.717, 1.165) is 37.6 Å². The van der Waals surface area contributed by atoms with Gasteiger partial charge in [-0.25, -0.2) is 0 Å². The summed E-state index contributed by atoms with van der Waals surface area (Å²) in [5.41, 5.74) is 1.75. The molecule has 3 nitrogen and oxygen atoms in total. The van der Waals surface area contributed by atoms with Gasteiger partial charge in [0.05, 0.1) is 13.2 Å². The second-order valence-corrected chi connectivity index (χ2v) is 4.12. The molecular formula is C14H17NO2. The quantitative estimate of drug-likeness (QED) is 0.589. The monoisotopic (exact) mass is 231 g/mol. The van der Waals surface area contributed by atoms with Crippen molar-refractivity contribution in [3.8, 4) is 0 Å². The summed E-state index contributed by atoms with van der Waals surface area (Å²) in [4.78, 5) is 14.1. The first-order valence-electron chi connectivity index (χ1n) is 5.88. The van der Waals surface area contributed by atoms with Crippen LogP contribution in [0.25, 0.3) is 0 Å². The number of hydrogen-bond donors (Lipinski definition) is 0. The number of morpholine rings is 1. The van der Waals surface area contributed by atoms with Gasteiger partial charge >= 0.3 is 0 Å². The standard InChI is InChI=1S/C14H17NO2/c1-12(15-7-9-17-10-8-15)11-14(16)13-5-3-2-4-6-13/h2-6,11H,7-10H2,1H3. The van der Waals surface area contributed by atoms with Gasteiger partial charge in [0.1, 0.15) is 0 Å². The molecule has 2 rings (SSSR count). The summed E-state index contributed by atoms with van der Waals surface area (Å²) in [6.45, 7) is 5.19. The Kier molecular flexibility index (Phi) is 3.94. The van der Waals surface area contributed by atoms with Crippen LogP contribution in [-0.4, -0.2) is 37.0 Å². The molecule has 0 aliphatic carbocycles. The van der Waals surface area contributed by atoms with Crippen LogP contribution in [-0.2, 0) is 4.74 Å². The van der Waals surface area contributed by atoms with E-state index in [0.29, 0.717) is 0 Å². The minimum atomic E-state index is 0.0644. The molecule has 1 saturated heterocycles. The van der Waals surface area contributed by atoms with Gasteiger partial charge in [-0.3, -0.25) is 4.79 Å². The van der Waals surface area contributed by atoms with Gasteiger partial charge in [0.25, 0.3) is 0 Å². The van der Waals surface area contributed by atoms with E-state index in [4.69, 9.17) is 4.74 Å². The largest absolute Gasteiger partial charge is 0.378 e. The Labute approximate surface area is 102 Å². The highest BCUT2D eigenvalue weighted by Gasteiger charge is 2.11. The molecule has 0 atom stereocenters. The second kappa shape index (κ2) is 5.64. The number of benzene rings is 1. The van der Waals surface area contributed by atoms with Gasteiger partial charge in [0, 0.05) is 30.4 Å². The number of nitrogens with zero attached hydrogens (tertiary/aromatic N) is 1. The lowest BCUT2D eigenvalue weighted by Crippen LogP contribution is -2.35. The Morgan fingerprint density at radius 2 is 1.88 bits per heavy atom. The maximum atomic E-state index is 12.0. The average molecular weight is 231 g/mol. The molecule has 0 radical (unpaired) electrons. The van der Waals surface area contributed by atoms with Gasteiger partial charge in [-0.1, -0.05) is 30.3 Å². The highest BCUT2D eigenvalue weighted by Crippen LogP contribution is 2.09. The fourth-order valence-electron chi connectivity index (χ4n) is 1.88. The zero-order valence-electron chi connectivity index (χ0n) is 10.1. The van der Waals surface area contributed by atoms with Crippen LogP contribution in [0.2, 0.25) is 0 Å².